The van der Waals surface area contributed by atoms with Gasteiger partial charge in [-0.15, -0.1) is 0 Å². The molecule has 0 radical (unpaired) electrons. The summed E-state index contributed by atoms with van der Waals surface area (Å²) in [6.45, 7) is 4.72. The molecule has 1 aliphatic heterocycles. The normalized spacial score (nSPS) is 19.8. The highest BCUT2D eigenvalue weighted by Gasteiger charge is 2.26. The molecule has 9 heteroatoms. The van der Waals surface area contributed by atoms with E-state index < -0.39 is 10.0 Å². The Morgan fingerprint density at radius 3 is 2.71 bits per heavy atom. The Morgan fingerprint density at radius 2 is 2.14 bits per heavy atom. The minimum atomic E-state index is -3.35. The molecule has 0 aliphatic carbocycles. The van der Waals surface area contributed by atoms with Crippen LogP contribution < -0.4 is 4.72 Å². The minimum absolute atomic E-state index is 0.0992. The predicted octanol–water partition coefficient (Wildman–Crippen LogP) is -0.392. The Morgan fingerprint density at radius 1 is 1.43 bits per heavy atom. The van der Waals surface area contributed by atoms with Crippen LogP contribution >= 0.6 is 0 Å². The number of hydrogen-bond acceptors (Lipinski definition) is 5. The lowest BCUT2D eigenvalue weighted by atomic mass is 10.1. The molecule has 2 heterocycles. The number of aryl methyl sites for hydroxylation is 2. The molecule has 21 heavy (non-hydrogen) atoms. The van der Waals surface area contributed by atoms with Gasteiger partial charge < -0.3 is 4.90 Å². The van der Waals surface area contributed by atoms with Crippen LogP contribution in [-0.4, -0.2) is 59.9 Å². The fourth-order valence-electron chi connectivity index (χ4n) is 2.57. The Hall–Kier alpha value is -1.48. The molecular formula is C12H21N5O3S. The lowest BCUT2D eigenvalue weighted by Gasteiger charge is -2.33. The van der Waals surface area contributed by atoms with Crippen molar-refractivity contribution in [3.8, 4) is 0 Å². The smallest absolute Gasteiger partial charge is 0.237 e. The van der Waals surface area contributed by atoms with Gasteiger partial charge in [-0.2, -0.15) is 5.10 Å². The van der Waals surface area contributed by atoms with Crippen molar-refractivity contribution in [1.29, 1.82) is 0 Å². The Labute approximate surface area is 124 Å². The van der Waals surface area contributed by atoms with E-state index in [1.807, 2.05) is 18.5 Å². The van der Waals surface area contributed by atoms with Crippen molar-refractivity contribution in [3.05, 3.63) is 11.6 Å². The van der Waals surface area contributed by atoms with Gasteiger partial charge in [0, 0.05) is 13.1 Å². The number of amides is 1. The molecule has 1 aliphatic rings. The monoisotopic (exact) mass is 315 g/mol. The minimum Gasteiger partial charge on any atom is -0.339 e. The van der Waals surface area contributed by atoms with Crippen molar-refractivity contribution in [2.45, 2.75) is 32.7 Å². The molecule has 118 valence electrons. The summed E-state index contributed by atoms with van der Waals surface area (Å²) in [4.78, 5) is 18.0. The van der Waals surface area contributed by atoms with Crippen molar-refractivity contribution in [1.82, 2.24) is 24.4 Å². The zero-order valence-corrected chi connectivity index (χ0v) is 13.4. The van der Waals surface area contributed by atoms with Crippen LogP contribution in [0.4, 0.5) is 0 Å². The van der Waals surface area contributed by atoms with Gasteiger partial charge in [-0.05, 0) is 26.7 Å². The average Bonchev–Trinajstić information content (AvgIpc) is 2.74. The van der Waals surface area contributed by atoms with Crippen molar-refractivity contribution >= 4 is 15.9 Å². The van der Waals surface area contributed by atoms with E-state index in [2.05, 4.69) is 14.8 Å². The molecule has 2 rings (SSSR count). The number of carbonyl (C=O) groups excluding carboxylic acids is 1. The third kappa shape index (κ3) is 4.24. The van der Waals surface area contributed by atoms with E-state index in [-0.39, 0.29) is 18.5 Å². The molecule has 1 atom stereocenters. The first-order chi connectivity index (χ1) is 9.76. The first-order valence-electron chi connectivity index (χ1n) is 6.88. The summed E-state index contributed by atoms with van der Waals surface area (Å²) in [5.41, 5.74) is 0. The van der Waals surface area contributed by atoms with E-state index >= 15 is 0 Å². The van der Waals surface area contributed by atoms with E-state index in [1.165, 1.54) is 0 Å². The molecule has 1 amide bonds. The first-order valence-corrected chi connectivity index (χ1v) is 8.77. The lowest BCUT2D eigenvalue weighted by Crippen LogP contribution is -2.45. The lowest BCUT2D eigenvalue weighted by molar-refractivity contribution is -0.131. The molecule has 0 spiro atoms. The van der Waals surface area contributed by atoms with Gasteiger partial charge >= 0.3 is 0 Å². The maximum atomic E-state index is 12.1. The molecule has 1 fully saturated rings. The van der Waals surface area contributed by atoms with E-state index in [1.54, 1.807) is 4.90 Å². The van der Waals surface area contributed by atoms with Gasteiger partial charge in [0.1, 0.15) is 11.6 Å². The summed E-state index contributed by atoms with van der Waals surface area (Å²) in [5, 5.41) is 4.37. The van der Waals surface area contributed by atoms with Crippen LogP contribution in [-0.2, 0) is 14.8 Å². The maximum absolute atomic E-state index is 12.1. The molecule has 0 bridgehead atoms. The quantitative estimate of drug-likeness (QED) is 0.816. The van der Waals surface area contributed by atoms with Crippen LogP contribution in [0.15, 0.2) is 0 Å². The van der Waals surface area contributed by atoms with Crippen LogP contribution in [0.3, 0.4) is 0 Å². The number of sulfonamides is 1. The average molecular weight is 315 g/mol. The molecule has 0 aromatic carbocycles. The fourth-order valence-corrected chi connectivity index (χ4v) is 2.95. The first kappa shape index (κ1) is 15.9. The van der Waals surface area contributed by atoms with Crippen LogP contribution in [0, 0.1) is 13.8 Å². The van der Waals surface area contributed by atoms with E-state index in [9.17, 15) is 13.2 Å². The summed E-state index contributed by atoms with van der Waals surface area (Å²) in [6, 6.07) is 0.0992. The van der Waals surface area contributed by atoms with Crippen molar-refractivity contribution in [2.24, 2.45) is 0 Å². The molecule has 1 saturated heterocycles. The second-order valence-electron chi connectivity index (χ2n) is 5.38. The predicted molar refractivity (Wildman–Crippen MR) is 77.2 cm³/mol. The number of likely N-dealkylation sites (tertiary alicyclic amines) is 1. The van der Waals surface area contributed by atoms with E-state index in [4.69, 9.17) is 0 Å². The highest BCUT2D eigenvalue weighted by atomic mass is 32.2. The van der Waals surface area contributed by atoms with Crippen molar-refractivity contribution in [3.63, 3.8) is 0 Å². The SMILES string of the molecule is Cc1nc(C)n(C2CCCN(C(=O)CNS(C)(=O)=O)C2)n1. The summed E-state index contributed by atoms with van der Waals surface area (Å²) in [6.07, 6.45) is 2.85. The Kier molecular flexibility index (Phi) is 4.62. The van der Waals surface area contributed by atoms with Gasteiger partial charge in [-0.3, -0.25) is 4.79 Å². The number of piperidine rings is 1. The van der Waals surface area contributed by atoms with Crippen LogP contribution in [0.5, 0.6) is 0 Å². The second kappa shape index (κ2) is 6.10. The van der Waals surface area contributed by atoms with Crippen LogP contribution in [0.25, 0.3) is 0 Å². The van der Waals surface area contributed by atoms with Gasteiger partial charge in [0.25, 0.3) is 0 Å². The van der Waals surface area contributed by atoms with Gasteiger partial charge in [-0.1, -0.05) is 0 Å². The molecule has 1 aromatic rings. The third-order valence-corrected chi connectivity index (χ3v) is 4.16. The van der Waals surface area contributed by atoms with Gasteiger partial charge in [0.2, 0.25) is 15.9 Å². The molecular weight excluding hydrogens is 294 g/mol. The number of nitrogens with one attached hydrogen (secondary N) is 1. The van der Waals surface area contributed by atoms with Crippen molar-refractivity contribution in [2.75, 3.05) is 25.9 Å². The highest BCUT2D eigenvalue weighted by molar-refractivity contribution is 7.88. The van der Waals surface area contributed by atoms with E-state index in [0.29, 0.717) is 13.1 Å². The molecule has 8 nitrogen and oxygen atoms in total. The summed E-state index contributed by atoms with van der Waals surface area (Å²) in [7, 11) is -3.35. The zero-order chi connectivity index (χ0) is 15.6. The van der Waals surface area contributed by atoms with Crippen LogP contribution in [0.1, 0.15) is 30.5 Å². The van der Waals surface area contributed by atoms with Crippen molar-refractivity contribution < 1.29 is 13.2 Å². The van der Waals surface area contributed by atoms with Gasteiger partial charge in [0.15, 0.2) is 0 Å². The topological polar surface area (TPSA) is 97.2 Å². The molecule has 1 unspecified atom stereocenters. The summed E-state index contributed by atoms with van der Waals surface area (Å²) < 4.78 is 26.2. The summed E-state index contributed by atoms with van der Waals surface area (Å²) >= 11 is 0. The Balaban J connectivity index is 2.00. The number of rotatable bonds is 4. The largest absolute Gasteiger partial charge is 0.339 e. The molecule has 1 N–H and O–H groups in total. The standard InChI is InChI=1S/C12H21N5O3S/c1-9-14-10(2)17(15-9)11-5-4-6-16(8-11)12(18)7-13-21(3,19)20/h11,13H,4-8H2,1-3H3. The molecule has 0 saturated carbocycles. The second-order valence-corrected chi connectivity index (χ2v) is 7.21. The fraction of sp³-hybridized carbons (Fsp3) is 0.750. The molecule has 1 aromatic heterocycles. The maximum Gasteiger partial charge on any atom is 0.237 e. The van der Waals surface area contributed by atoms with Gasteiger partial charge in [0.05, 0.1) is 18.8 Å². The summed E-state index contributed by atoms with van der Waals surface area (Å²) in [5.74, 6) is 1.34. The Bertz CT molecular complexity index is 625. The number of nitrogens with zero attached hydrogens (tertiary/aromatic N) is 4. The van der Waals surface area contributed by atoms with E-state index in [0.717, 1.165) is 30.7 Å². The number of hydrogen-bond donors (Lipinski definition) is 1. The van der Waals surface area contributed by atoms with Crippen LogP contribution in [0.2, 0.25) is 0 Å². The number of carbonyl (C=O) groups is 1. The third-order valence-electron chi connectivity index (χ3n) is 3.49. The number of aromatic nitrogens is 3. The zero-order valence-electron chi connectivity index (χ0n) is 12.5. The highest BCUT2D eigenvalue weighted by Crippen LogP contribution is 2.21. The van der Waals surface area contributed by atoms with Gasteiger partial charge in [-0.25, -0.2) is 22.8 Å².